The van der Waals surface area contributed by atoms with E-state index in [1.165, 1.54) is 0 Å². The van der Waals surface area contributed by atoms with Crippen LogP contribution in [0.15, 0.2) is 0 Å². The number of carbonyl (C=O) groups is 1. The molecule has 1 N–H and O–H groups in total. The van der Waals surface area contributed by atoms with E-state index in [0.717, 1.165) is 19.4 Å². The number of anilines is 2. The normalized spacial score (nSPS) is 33.3. The molecule has 3 aliphatic heterocycles. The maximum atomic E-state index is 14.4. The van der Waals surface area contributed by atoms with Crippen molar-refractivity contribution in [1.82, 2.24) is 9.97 Å². The third-order valence-electron chi connectivity index (χ3n) is 7.02. The largest absolute Gasteiger partial charge is 0.481 e. The number of carboxylic acid groups (broad SMARTS) is 1. The Morgan fingerprint density at radius 1 is 1.30 bits per heavy atom. The molecule has 146 valence electrons. The van der Waals surface area contributed by atoms with Gasteiger partial charge in [0.2, 0.25) is 5.95 Å². The van der Waals surface area contributed by atoms with E-state index in [4.69, 9.17) is 10.1 Å². The molecule has 3 saturated heterocycles. The van der Waals surface area contributed by atoms with E-state index in [1.807, 2.05) is 4.90 Å². The lowest BCUT2D eigenvalue weighted by Gasteiger charge is -2.54. The van der Waals surface area contributed by atoms with Crippen molar-refractivity contribution in [3.05, 3.63) is 11.3 Å². The van der Waals surface area contributed by atoms with Crippen molar-refractivity contribution in [1.29, 1.82) is 0 Å². The van der Waals surface area contributed by atoms with Crippen LogP contribution in [0.1, 0.15) is 43.9 Å². The summed E-state index contributed by atoms with van der Waals surface area (Å²) in [6.07, 6.45) is 2.37. The molecule has 27 heavy (non-hydrogen) atoms. The van der Waals surface area contributed by atoms with Crippen LogP contribution in [0.25, 0.3) is 0 Å². The Labute approximate surface area is 156 Å². The van der Waals surface area contributed by atoms with Gasteiger partial charge in [0.25, 0.3) is 5.92 Å². The first kappa shape index (κ1) is 17.1. The minimum absolute atomic E-state index is 0.0945. The van der Waals surface area contributed by atoms with Gasteiger partial charge in [-0.05, 0) is 43.9 Å². The number of rotatable bonds is 4. The third-order valence-corrected chi connectivity index (χ3v) is 7.02. The molecule has 8 heteroatoms. The second-order valence-corrected chi connectivity index (χ2v) is 8.63. The van der Waals surface area contributed by atoms with E-state index in [2.05, 4.69) is 16.8 Å². The molecular formula is C19H24F2N4O2. The molecule has 0 aromatic carbocycles. The van der Waals surface area contributed by atoms with Crippen LogP contribution in [0.2, 0.25) is 0 Å². The molecule has 4 atom stereocenters. The minimum atomic E-state index is -2.89. The molecule has 2 aliphatic carbocycles. The number of alkyl halides is 2. The Bertz CT molecular complexity index is 790. The number of aromatic nitrogens is 2. The highest BCUT2D eigenvalue weighted by atomic mass is 19.3. The van der Waals surface area contributed by atoms with Gasteiger partial charge >= 0.3 is 5.97 Å². The lowest BCUT2D eigenvalue weighted by Crippen LogP contribution is -2.56. The number of fused-ring (bicyclic) bond motifs is 3. The molecule has 0 radical (unpaired) electrons. The molecule has 6 nitrogen and oxygen atoms in total. The highest BCUT2D eigenvalue weighted by molar-refractivity contribution is 5.67. The number of halogens is 2. The Morgan fingerprint density at radius 3 is 2.63 bits per heavy atom. The monoisotopic (exact) mass is 378 g/mol. The molecule has 4 fully saturated rings. The summed E-state index contributed by atoms with van der Waals surface area (Å²) in [5.74, 6) is -1.71. The van der Waals surface area contributed by atoms with Gasteiger partial charge < -0.3 is 14.9 Å². The van der Waals surface area contributed by atoms with Gasteiger partial charge in [0.05, 0.1) is 0 Å². The second-order valence-electron chi connectivity index (χ2n) is 8.63. The lowest BCUT2D eigenvalue weighted by atomic mass is 9.60. The van der Waals surface area contributed by atoms with Crippen molar-refractivity contribution in [2.75, 3.05) is 29.4 Å². The summed E-state index contributed by atoms with van der Waals surface area (Å²) in [4.78, 5) is 24.2. The first-order chi connectivity index (χ1) is 12.8. The Kier molecular flexibility index (Phi) is 3.65. The van der Waals surface area contributed by atoms with Crippen LogP contribution < -0.4 is 9.80 Å². The zero-order valence-corrected chi connectivity index (χ0v) is 15.4. The summed E-state index contributed by atoms with van der Waals surface area (Å²) in [5.41, 5.74) is 0.496. The molecule has 6 rings (SSSR count). The Balaban J connectivity index is 1.47. The van der Waals surface area contributed by atoms with Gasteiger partial charge in [0.1, 0.15) is 11.5 Å². The maximum Gasteiger partial charge on any atom is 0.303 e. The van der Waals surface area contributed by atoms with Crippen molar-refractivity contribution >= 4 is 17.7 Å². The number of carboxylic acids is 1. The summed E-state index contributed by atoms with van der Waals surface area (Å²) < 4.78 is 28.9. The smallest absolute Gasteiger partial charge is 0.303 e. The maximum absolute atomic E-state index is 14.4. The van der Waals surface area contributed by atoms with Crippen LogP contribution in [0.5, 0.6) is 0 Å². The van der Waals surface area contributed by atoms with Crippen molar-refractivity contribution in [3.8, 4) is 0 Å². The zero-order chi connectivity index (χ0) is 18.9. The van der Waals surface area contributed by atoms with Gasteiger partial charge in [-0.2, -0.15) is 13.8 Å². The fourth-order valence-electron chi connectivity index (χ4n) is 5.29. The van der Waals surface area contributed by atoms with Gasteiger partial charge in [0, 0.05) is 44.1 Å². The van der Waals surface area contributed by atoms with E-state index in [1.54, 1.807) is 0 Å². The van der Waals surface area contributed by atoms with E-state index in [-0.39, 0.29) is 30.5 Å². The number of aliphatic carboxylic acids is 1. The molecule has 4 heterocycles. The highest BCUT2D eigenvalue weighted by Gasteiger charge is 2.50. The van der Waals surface area contributed by atoms with Gasteiger partial charge in [-0.25, -0.2) is 4.98 Å². The van der Waals surface area contributed by atoms with Crippen molar-refractivity contribution in [2.45, 2.75) is 51.0 Å². The predicted octanol–water partition coefficient (Wildman–Crippen LogP) is 2.66. The average molecular weight is 378 g/mol. The van der Waals surface area contributed by atoms with E-state index >= 15 is 0 Å². The van der Waals surface area contributed by atoms with Gasteiger partial charge in [-0.1, -0.05) is 0 Å². The molecule has 0 unspecified atom stereocenters. The van der Waals surface area contributed by atoms with Gasteiger partial charge in [-0.15, -0.1) is 0 Å². The molecule has 1 aromatic rings. The topological polar surface area (TPSA) is 69.6 Å². The predicted molar refractivity (Wildman–Crippen MR) is 95.2 cm³/mol. The van der Waals surface area contributed by atoms with Crippen LogP contribution in [-0.4, -0.2) is 46.7 Å². The van der Waals surface area contributed by atoms with Crippen LogP contribution >= 0.6 is 0 Å². The summed E-state index contributed by atoms with van der Waals surface area (Å²) in [5, 5.41) is 9.10. The number of hydrogen-bond donors (Lipinski definition) is 1. The summed E-state index contributed by atoms with van der Waals surface area (Å²) in [6.45, 7) is 4.28. The standard InChI is InChI=1S/C19H24F2N4O2/c1-10-3-5-25(10)18-22-16-13(2-4-19(16,20)21)17(23-18)24-8-11-6-12(9-24)14(11)7-15(26)27/h10-12,14H,2-9H2,1H3,(H,26,27)/t10-,11-,12+,14+/m0/s1. The molecule has 0 amide bonds. The number of hydrogen-bond acceptors (Lipinski definition) is 5. The first-order valence-electron chi connectivity index (χ1n) is 9.86. The van der Waals surface area contributed by atoms with Crippen molar-refractivity contribution in [3.63, 3.8) is 0 Å². The Hall–Kier alpha value is -1.99. The highest BCUT2D eigenvalue weighted by Crippen LogP contribution is 2.50. The minimum Gasteiger partial charge on any atom is -0.481 e. The molecule has 0 spiro atoms. The molecule has 1 aromatic heterocycles. The van der Waals surface area contributed by atoms with Gasteiger partial charge in [-0.3, -0.25) is 4.79 Å². The van der Waals surface area contributed by atoms with Gasteiger partial charge in [0.15, 0.2) is 0 Å². The quantitative estimate of drug-likeness (QED) is 0.869. The van der Waals surface area contributed by atoms with Crippen molar-refractivity contribution in [2.24, 2.45) is 17.8 Å². The lowest BCUT2D eigenvalue weighted by molar-refractivity contribution is -0.141. The molecule has 2 bridgehead atoms. The van der Waals surface area contributed by atoms with Crippen molar-refractivity contribution < 1.29 is 18.7 Å². The number of piperidine rings is 2. The van der Waals surface area contributed by atoms with Crippen LogP contribution in [0.4, 0.5) is 20.5 Å². The Morgan fingerprint density at radius 2 is 2.04 bits per heavy atom. The third kappa shape index (κ3) is 2.59. The van der Waals surface area contributed by atoms with E-state index in [0.29, 0.717) is 48.7 Å². The van der Waals surface area contributed by atoms with Crippen LogP contribution in [0.3, 0.4) is 0 Å². The fourth-order valence-corrected chi connectivity index (χ4v) is 5.29. The molecule has 1 saturated carbocycles. The number of nitrogens with zero attached hydrogens (tertiary/aromatic N) is 4. The summed E-state index contributed by atoms with van der Waals surface area (Å²) in [7, 11) is 0. The fraction of sp³-hybridized carbons (Fsp3) is 0.737. The van der Waals surface area contributed by atoms with E-state index in [9.17, 15) is 13.6 Å². The van der Waals surface area contributed by atoms with Crippen LogP contribution in [0, 0.1) is 17.8 Å². The zero-order valence-electron chi connectivity index (χ0n) is 15.4. The van der Waals surface area contributed by atoms with Crippen LogP contribution in [-0.2, 0) is 17.1 Å². The second kappa shape index (κ2) is 5.75. The molecular weight excluding hydrogens is 354 g/mol. The van der Waals surface area contributed by atoms with E-state index < -0.39 is 11.9 Å². The molecule has 5 aliphatic rings. The first-order valence-corrected chi connectivity index (χ1v) is 9.86. The SMILES string of the molecule is C[C@H]1CCN1c1nc(N2C[C@H]3C[C@@H](C2)[C@H]3CC(=O)O)c2c(n1)C(F)(F)CC2. The summed E-state index contributed by atoms with van der Waals surface area (Å²) >= 11 is 0. The average Bonchev–Trinajstić information content (AvgIpc) is 2.93. The summed E-state index contributed by atoms with van der Waals surface area (Å²) in [6, 6.07) is 0.278.